The Morgan fingerprint density at radius 2 is 1.87 bits per heavy atom. The van der Waals surface area contributed by atoms with Gasteiger partial charge in [0.25, 0.3) is 5.91 Å². The summed E-state index contributed by atoms with van der Waals surface area (Å²) < 4.78 is 75.4. The van der Waals surface area contributed by atoms with E-state index in [0.717, 1.165) is 18.2 Å². The molecule has 1 aliphatic rings. The normalized spacial score (nSPS) is 15.5. The second-order valence-electron chi connectivity index (χ2n) is 6.52. The number of nitrogens with zero attached hydrogens (tertiary/aromatic N) is 1. The molecule has 2 aromatic rings. The van der Waals surface area contributed by atoms with Crippen LogP contribution in [0.15, 0.2) is 47.4 Å². The van der Waals surface area contributed by atoms with E-state index in [0.29, 0.717) is 0 Å². The lowest BCUT2D eigenvalue weighted by Crippen LogP contribution is -2.40. The zero-order chi connectivity index (χ0) is 22.6. The number of carbonyl (C=O) groups is 1. The first-order chi connectivity index (χ1) is 14.6. The van der Waals surface area contributed by atoms with E-state index in [9.17, 15) is 26.4 Å². The summed E-state index contributed by atoms with van der Waals surface area (Å²) in [5.74, 6) is -0.814. The van der Waals surface area contributed by atoms with Crippen LogP contribution < -0.4 is 10.1 Å². The summed E-state index contributed by atoms with van der Waals surface area (Å²) in [5, 5.41) is 2.44. The van der Waals surface area contributed by atoms with Crippen LogP contribution in [0.1, 0.15) is 5.56 Å². The first-order valence-electron chi connectivity index (χ1n) is 9.05. The van der Waals surface area contributed by atoms with E-state index in [1.165, 1.54) is 28.6 Å². The van der Waals surface area contributed by atoms with E-state index < -0.39 is 34.3 Å². The number of halogens is 4. The number of sulfonamides is 1. The highest BCUT2D eigenvalue weighted by molar-refractivity contribution is 7.89. The second kappa shape index (κ2) is 9.43. The maximum Gasteiger partial charge on any atom is 0.416 e. The number of nitrogens with one attached hydrogen (secondary N) is 1. The SMILES string of the molecule is O=C(COc1cccc(C(F)(F)F)c1)Nc1ccc(Cl)c(S(=O)(=O)N2CCOCC2)c1. The Balaban J connectivity index is 1.68. The van der Waals surface area contributed by atoms with Gasteiger partial charge >= 0.3 is 6.18 Å². The summed E-state index contributed by atoms with van der Waals surface area (Å²) in [4.78, 5) is 12.0. The smallest absolute Gasteiger partial charge is 0.416 e. The quantitative estimate of drug-likeness (QED) is 0.688. The Bertz CT molecular complexity index is 1060. The van der Waals surface area contributed by atoms with E-state index in [-0.39, 0.29) is 47.7 Å². The van der Waals surface area contributed by atoms with Crippen molar-refractivity contribution in [1.29, 1.82) is 0 Å². The predicted octanol–water partition coefficient (Wildman–Crippen LogP) is 3.40. The molecule has 0 radical (unpaired) electrons. The highest BCUT2D eigenvalue weighted by Gasteiger charge is 2.31. The molecular weight excluding hydrogens is 461 g/mol. The van der Waals surface area contributed by atoms with Gasteiger partial charge in [0.1, 0.15) is 10.6 Å². The number of anilines is 1. The van der Waals surface area contributed by atoms with Crippen molar-refractivity contribution >= 4 is 33.2 Å². The van der Waals surface area contributed by atoms with Crippen LogP contribution in [0.25, 0.3) is 0 Å². The van der Waals surface area contributed by atoms with E-state index in [2.05, 4.69) is 5.32 Å². The third-order valence-corrected chi connectivity index (χ3v) is 6.71. The second-order valence-corrected chi connectivity index (χ2v) is 8.84. The Kier molecular flexibility index (Phi) is 7.10. The van der Waals surface area contributed by atoms with Crippen molar-refractivity contribution < 1.29 is 35.9 Å². The zero-order valence-electron chi connectivity index (χ0n) is 16.0. The minimum Gasteiger partial charge on any atom is -0.484 e. The summed E-state index contributed by atoms with van der Waals surface area (Å²) in [6, 6.07) is 8.08. The molecule has 1 N–H and O–H groups in total. The number of hydrogen-bond acceptors (Lipinski definition) is 5. The van der Waals surface area contributed by atoms with Gasteiger partial charge in [0.2, 0.25) is 10.0 Å². The van der Waals surface area contributed by atoms with Crippen LogP contribution in [0.3, 0.4) is 0 Å². The molecule has 7 nitrogen and oxygen atoms in total. The zero-order valence-corrected chi connectivity index (χ0v) is 17.6. The van der Waals surface area contributed by atoms with Crippen molar-refractivity contribution in [3.63, 3.8) is 0 Å². The number of morpholine rings is 1. The van der Waals surface area contributed by atoms with Gasteiger partial charge in [-0.2, -0.15) is 17.5 Å². The van der Waals surface area contributed by atoms with Gasteiger partial charge in [-0.15, -0.1) is 0 Å². The minimum absolute atomic E-state index is 0.00953. The fourth-order valence-corrected chi connectivity index (χ4v) is 4.72. The molecule has 31 heavy (non-hydrogen) atoms. The lowest BCUT2D eigenvalue weighted by atomic mass is 10.2. The molecule has 0 aliphatic carbocycles. The Hall–Kier alpha value is -2.34. The average Bonchev–Trinajstić information content (AvgIpc) is 2.74. The molecule has 2 aromatic carbocycles. The molecule has 0 atom stereocenters. The molecule has 0 unspecified atom stereocenters. The molecular formula is C19H18ClF3N2O5S. The summed E-state index contributed by atoms with van der Waals surface area (Å²) in [6.07, 6.45) is -4.53. The number of alkyl halides is 3. The van der Waals surface area contributed by atoms with Crippen LogP contribution in [-0.2, 0) is 25.7 Å². The van der Waals surface area contributed by atoms with Gasteiger partial charge in [-0.3, -0.25) is 4.79 Å². The lowest BCUT2D eigenvalue weighted by molar-refractivity contribution is -0.137. The molecule has 1 amide bonds. The first-order valence-corrected chi connectivity index (χ1v) is 10.9. The fraction of sp³-hybridized carbons (Fsp3) is 0.316. The molecule has 1 heterocycles. The van der Waals surface area contributed by atoms with Crippen LogP contribution in [0.5, 0.6) is 5.75 Å². The fourth-order valence-electron chi connectivity index (χ4n) is 2.81. The van der Waals surface area contributed by atoms with E-state index in [1.54, 1.807) is 0 Å². The maximum atomic E-state index is 12.8. The van der Waals surface area contributed by atoms with Crippen LogP contribution in [0, 0.1) is 0 Å². The molecule has 1 saturated heterocycles. The Morgan fingerprint density at radius 3 is 2.55 bits per heavy atom. The van der Waals surface area contributed by atoms with E-state index in [1.807, 2.05) is 0 Å². The van der Waals surface area contributed by atoms with Gasteiger partial charge in [-0.05, 0) is 36.4 Å². The monoisotopic (exact) mass is 478 g/mol. The van der Waals surface area contributed by atoms with Gasteiger partial charge in [0.05, 0.1) is 23.8 Å². The highest BCUT2D eigenvalue weighted by Crippen LogP contribution is 2.31. The Labute approximate surface area is 181 Å². The van der Waals surface area contributed by atoms with Crippen LogP contribution in [0.2, 0.25) is 5.02 Å². The molecule has 0 spiro atoms. The highest BCUT2D eigenvalue weighted by atomic mass is 35.5. The molecule has 12 heteroatoms. The van der Waals surface area contributed by atoms with Gasteiger partial charge in [0, 0.05) is 18.8 Å². The van der Waals surface area contributed by atoms with Crippen LogP contribution >= 0.6 is 11.6 Å². The lowest BCUT2D eigenvalue weighted by Gasteiger charge is -2.26. The van der Waals surface area contributed by atoms with Gasteiger partial charge in [-0.1, -0.05) is 17.7 Å². The summed E-state index contributed by atoms with van der Waals surface area (Å²) in [7, 11) is -3.89. The van der Waals surface area contributed by atoms with E-state index >= 15 is 0 Å². The van der Waals surface area contributed by atoms with Crippen molar-refractivity contribution in [2.24, 2.45) is 0 Å². The molecule has 1 fully saturated rings. The summed E-state index contributed by atoms with van der Waals surface area (Å²) in [5.41, 5.74) is -0.755. The third-order valence-electron chi connectivity index (χ3n) is 4.33. The standard InChI is InChI=1S/C19H18ClF3N2O5S/c20-16-5-4-14(11-17(16)31(27,28)25-6-8-29-9-7-25)24-18(26)12-30-15-3-1-2-13(10-15)19(21,22)23/h1-5,10-11H,6-9,12H2,(H,24,26). The van der Waals surface area contributed by atoms with Crippen molar-refractivity contribution in [2.45, 2.75) is 11.1 Å². The number of rotatable bonds is 6. The van der Waals surface area contributed by atoms with Gasteiger partial charge in [0.15, 0.2) is 6.61 Å². The van der Waals surface area contributed by atoms with Crippen molar-refractivity contribution in [3.05, 3.63) is 53.1 Å². The molecule has 168 valence electrons. The predicted molar refractivity (Wildman–Crippen MR) is 107 cm³/mol. The van der Waals surface area contributed by atoms with Crippen molar-refractivity contribution in [3.8, 4) is 5.75 Å². The molecule has 0 aromatic heterocycles. The number of hydrogen-bond donors (Lipinski definition) is 1. The molecule has 1 aliphatic heterocycles. The van der Waals surface area contributed by atoms with E-state index in [4.69, 9.17) is 21.1 Å². The number of amides is 1. The van der Waals surface area contributed by atoms with Crippen molar-refractivity contribution in [2.75, 3.05) is 38.2 Å². The number of carbonyl (C=O) groups excluding carboxylic acids is 1. The van der Waals surface area contributed by atoms with Crippen LogP contribution in [-0.4, -0.2) is 51.5 Å². The maximum absolute atomic E-state index is 12.8. The average molecular weight is 479 g/mol. The number of ether oxygens (including phenoxy) is 2. The first kappa shape index (κ1) is 23.3. The van der Waals surface area contributed by atoms with Crippen LogP contribution in [0.4, 0.5) is 18.9 Å². The largest absolute Gasteiger partial charge is 0.484 e. The molecule has 0 bridgehead atoms. The van der Waals surface area contributed by atoms with Gasteiger partial charge in [-0.25, -0.2) is 8.42 Å². The third kappa shape index (κ3) is 5.88. The van der Waals surface area contributed by atoms with Gasteiger partial charge < -0.3 is 14.8 Å². The topological polar surface area (TPSA) is 84.9 Å². The van der Waals surface area contributed by atoms with Crippen molar-refractivity contribution in [1.82, 2.24) is 4.31 Å². The molecule has 3 rings (SSSR count). The number of benzene rings is 2. The Morgan fingerprint density at radius 1 is 1.16 bits per heavy atom. The molecule has 0 saturated carbocycles. The minimum atomic E-state index is -4.53. The summed E-state index contributed by atoms with van der Waals surface area (Å²) in [6.45, 7) is 0.315. The summed E-state index contributed by atoms with van der Waals surface area (Å²) >= 11 is 6.06.